The highest BCUT2D eigenvalue weighted by Gasteiger charge is 2.02. The fraction of sp³-hybridized carbons (Fsp3) is 0.889. The van der Waals surface area contributed by atoms with E-state index in [0.29, 0.717) is 0 Å². The van der Waals surface area contributed by atoms with Crippen LogP contribution in [0.3, 0.4) is 0 Å². The van der Waals surface area contributed by atoms with Crippen LogP contribution in [0.4, 0.5) is 0 Å². The molecular formula is C9H18O. The summed E-state index contributed by atoms with van der Waals surface area (Å²) < 4.78 is 0. The summed E-state index contributed by atoms with van der Waals surface area (Å²) in [5.74, 6) is 1.04. The summed E-state index contributed by atoms with van der Waals surface area (Å²) in [5.41, 5.74) is 0. The average Bonchev–Trinajstić information content (AvgIpc) is 1.99. The molecule has 0 bridgehead atoms. The lowest BCUT2D eigenvalue weighted by Crippen LogP contribution is -1.99. The summed E-state index contributed by atoms with van der Waals surface area (Å²) in [7, 11) is 0. The first-order chi connectivity index (χ1) is 4.70. The minimum atomic E-state index is 0.258. The van der Waals surface area contributed by atoms with Gasteiger partial charge in [0.1, 0.15) is 6.29 Å². The van der Waals surface area contributed by atoms with Crippen LogP contribution in [0.1, 0.15) is 40.0 Å². The second kappa shape index (κ2) is 5.45. The van der Waals surface area contributed by atoms with Crippen LogP contribution in [0.5, 0.6) is 0 Å². The SMILES string of the molecule is CC[C@H](C)CC[C@H](C)C=O. The van der Waals surface area contributed by atoms with Crippen LogP contribution in [-0.2, 0) is 4.79 Å². The summed E-state index contributed by atoms with van der Waals surface area (Å²) in [6.45, 7) is 6.41. The monoisotopic (exact) mass is 142 g/mol. The Bertz CT molecular complexity index is 88.7. The van der Waals surface area contributed by atoms with Crippen LogP contribution in [0.2, 0.25) is 0 Å². The third-order valence-electron chi connectivity index (χ3n) is 2.04. The van der Waals surface area contributed by atoms with Crippen molar-refractivity contribution in [1.29, 1.82) is 0 Å². The van der Waals surface area contributed by atoms with Crippen molar-refractivity contribution in [3.8, 4) is 0 Å². The Kier molecular flexibility index (Phi) is 5.27. The lowest BCUT2D eigenvalue weighted by Gasteiger charge is -2.08. The molecule has 0 spiro atoms. The Morgan fingerprint density at radius 2 is 1.90 bits per heavy atom. The van der Waals surface area contributed by atoms with E-state index in [4.69, 9.17) is 0 Å². The van der Waals surface area contributed by atoms with Gasteiger partial charge in [-0.05, 0) is 12.3 Å². The molecule has 0 aromatic rings. The number of aldehydes is 1. The van der Waals surface area contributed by atoms with E-state index >= 15 is 0 Å². The summed E-state index contributed by atoms with van der Waals surface area (Å²) in [6, 6.07) is 0. The van der Waals surface area contributed by atoms with Crippen LogP contribution in [0.15, 0.2) is 0 Å². The van der Waals surface area contributed by atoms with Crippen molar-refractivity contribution in [3.05, 3.63) is 0 Å². The molecule has 0 aliphatic rings. The molecule has 0 rings (SSSR count). The highest BCUT2D eigenvalue weighted by atomic mass is 16.1. The fourth-order valence-electron chi connectivity index (χ4n) is 0.820. The largest absolute Gasteiger partial charge is 0.303 e. The van der Waals surface area contributed by atoms with E-state index in [1.165, 1.54) is 12.8 Å². The molecule has 1 nitrogen and oxygen atoms in total. The van der Waals surface area contributed by atoms with Gasteiger partial charge in [0.15, 0.2) is 0 Å². The van der Waals surface area contributed by atoms with Gasteiger partial charge >= 0.3 is 0 Å². The van der Waals surface area contributed by atoms with Crippen molar-refractivity contribution < 1.29 is 4.79 Å². The first kappa shape index (κ1) is 9.67. The number of carbonyl (C=O) groups excluding carboxylic acids is 1. The molecule has 0 radical (unpaired) electrons. The van der Waals surface area contributed by atoms with Gasteiger partial charge in [0.25, 0.3) is 0 Å². The van der Waals surface area contributed by atoms with Gasteiger partial charge in [-0.15, -0.1) is 0 Å². The molecule has 2 atom stereocenters. The topological polar surface area (TPSA) is 17.1 Å². The van der Waals surface area contributed by atoms with E-state index in [1.54, 1.807) is 0 Å². The molecule has 0 saturated carbocycles. The van der Waals surface area contributed by atoms with Gasteiger partial charge in [-0.2, -0.15) is 0 Å². The fourth-order valence-corrected chi connectivity index (χ4v) is 0.820. The standard InChI is InChI=1S/C9H18O/c1-4-8(2)5-6-9(3)7-10/h7-9H,4-6H2,1-3H3/t8-,9-/m0/s1. The Morgan fingerprint density at radius 3 is 2.30 bits per heavy atom. The van der Waals surface area contributed by atoms with Gasteiger partial charge in [0, 0.05) is 5.92 Å². The van der Waals surface area contributed by atoms with Crippen molar-refractivity contribution in [2.45, 2.75) is 40.0 Å². The molecule has 1 heteroatoms. The van der Waals surface area contributed by atoms with Gasteiger partial charge in [0.2, 0.25) is 0 Å². The minimum absolute atomic E-state index is 0.258. The average molecular weight is 142 g/mol. The van der Waals surface area contributed by atoms with E-state index in [0.717, 1.165) is 18.6 Å². The predicted molar refractivity (Wildman–Crippen MR) is 43.9 cm³/mol. The Balaban J connectivity index is 3.25. The summed E-state index contributed by atoms with van der Waals surface area (Å²) in [6.07, 6.45) is 4.52. The zero-order valence-electron chi connectivity index (χ0n) is 7.26. The molecule has 0 saturated heterocycles. The molecule has 0 aromatic carbocycles. The van der Waals surface area contributed by atoms with E-state index in [-0.39, 0.29) is 5.92 Å². The van der Waals surface area contributed by atoms with Crippen LogP contribution in [0, 0.1) is 11.8 Å². The maximum atomic E-state index is 10.2. The van der Waals surface area contributed by atoms with E-state index in [2.05, 4.69) is 13.8 Å². The molecule has 0 aliphatic heterocycles. The van der Waals surface area contributed by atoms with Crippen molar-refractivity contribution in [3.63, 3.8) is 0 Å². The molecule has 0 aliphatic carbocycles. The highest BCUT2D eigenvalue weighted by Crippen LogP contribution is 2.12. The first-order valence-electron chi connectivity index (χ1n) is 4.16. The summed E-state index contributed by atoms with van der Waals surface area (Å²) >= 11 is 0. The van der Waals surface area contributed by atoms with Crippen LogP contribution < -0.4 is 0 Å². The third kappa shape index (κ3) is 4.54. The molecule has 10 heavy (non-hydrogen) atoms. The van der Waals surface area contributed by atoms with Crippen molar-refractivity contribution >= 4 is 6.29 Å². The number of rotatable bonds is 5. The highest BCUT2D eigenvalue weighted by molar-refractivity contribution is 5.52. The predicted octanol–water partition coefficient (Wildman–Crippen LogP) is 2.65. The molecule has 0 N–H and O–H groups in total. The molecule has 0 aromatic heterocycles. The van der Waals surface area contributed by atoms with E-state index < -0.39 is 0 Å². The first-order valence-corrected chi connectivity index (χ1v) is 4.16. The smallest absolute Gasteiger partial charge is 0.122 e. The number of hydrogen-bond donors (Lipinski definition) is 0. The Morgan fingerprint density at radius 1 is 1.30 bits per heavy atom. The maximum Gasteiger partial charge on any atom is 0.122 e. The van der Waals surface area contributed by atoms with Crippen molar-refractivity contribution in [2.24, 2.45) is 11.8 Å². The summed E-state index contributed by atoms with van der Waals surface area (Å²) in [4.78, 5) is 10.2. The van der Waals surface area contributed by atoms with Crippen molar-refractivity contribution in [2.75, 3.05) is 0 Å². The maximum absolute atomic E-state index is 10.2. The Labute approximate surface area is 63.8 Å². The molecule has 60 valence electrons. The second-order valence-electron chi connectivity index (χ2n) is 3.20. The molecule has 0 heterocycles. The van der Waals surface area contributed by atoms with Gasteiger partial charge in [-0.3, -0.25) is 0 Å². The molecule has 0 fully saturated rings. The van der Waals surface area contributed by atoms with Crippen molar-refractivity contribution in [1.82, 2.24) is 0 Å². The van der Waals surface area contributed by atoms with Gasteiger partial charge in [0.05, 0.1) is 0 Å². The number of hydrogen-bond acceptors (Lipinski definition) is 1. The molecule has 0 unspecified atom stereocenters. The second-order valence-corrected chi connectivity index (χ2v) is 3.20. The van der Waals surface area contributed by atoms with Crippen LogP contribution in [0.25, 0.3) is 0 Å². The van der Waals surface area contributed by atoms with Gasteiger partial charge in [-0.25, -0.2) is 0 Å². The quantitative estimate of drug-likeness (QED) is 0.539. The van der Waals surface area contributed by atoms with Gasteiger partial charge < -0.3 is 4.79 Å². The van der Waals surface area contributed by atoms with Gasteiger partial charge in [-0.1, -0.05) is 33.6 Å². The Hall–Kier alpha value is -0.330. The molecule has 0 amide bonds. The zero-order valence-corrected chi connectivity index (χ0v) is 7.26. The van der Waals surface area contributed by atoms with E-state index in [1.807, 2.05) is 6.92 Å². The molecular weight excluding hydrogens is 124 g/mol. The lowest BCUT2D eigenvalue weighted by atomic mass is 9.97. The van der Waals surface area contributed by atoms with Crippen LogP contribution >= 0.6 is 0 Å². The summed E-state index contributed by atoms with van der Waals surface area (Å²) in [5, 5.41) is 0. The third-order valence-corrected chi connectivity index (χ3v) is 2.04. The zero-order chi connectivity index (χ0) is 7.98. The minimum Gasteiger partial charge on any atom is -0.303 e. The van der Waals surface area contributed by atoms with E-state index in [9.17, 15) is 4.79 Å². The lowest BCUT2D eigenvalue weighted by molar-refractivity contribution is -0.110. The number of carbonyl (C=O) groups is 1. The normalized spacial score (nSPS) is 16.3. The van der Waals surface area contributed by atoms with Crippen LogP contribution in [-0.4, -0.2) is 6.29 Å².